The van der Waals surface area contributed by atoms with E-state index >= 15 is 0 Å². The summed E-state index contributed by atoms with van der Waals surface area (Å²) in [7, 11) is 4.02. The van der Waals surface area contributed by atoms with Crippen molar-refractivity contribution < 1.29 is 4.74 Å². The fourth-order valence-corrected chi connectivity index (χ4v) is 3.49. The van der Waals surface area contributed by atoms with Crippen LogP contribution in [0.1, 0.15) is 26.3 Å². The average molecular weight is 376 g/mol. The molecule has 0 amide bonds. The van der Waals surface area contributed by atoms with Crippen molar-refractivity contribution in [2.75, 3.05) is 53.4 Å². The molecular formula is C21H37N5O. The summed E-state index contributed by atoms with van der Waals surface area (Å²) in [4.78, 5) is 9.40. The highest BCUT2D eigenvalue weighted by molar-refractivity contribution is 5.79. The molecule has 0 aliphatic carbocycles. The molecule has 6 heteroatoms. The Morgan fingerprint density at radius 3 is 2.48 bits per heavy atom. The lowest BCUT2D eigenvalue weighted by Gasteiger charge is -2.40. The van der Waals surface area contributed by atoms with E-state index in [-0.39, 0.29) is 0 Å². The summed E-state index contributed by atoms with van der Waals surface area (Å²) < 4.78 is 5.71. The van der Waals surface area contributed by atoms with Crippen LogP contribution in [0.15, 0.2) is 29.3 Å². The first-order chi connectivity index (χ1) is 13.0. The molecule has 2 rings (SSSR count). The number of piperazine rings is 1. The summed E-state index contributed by atoms with van der Waals surface area (Å²) in [5.41, 5.74) is 1.14. The van der Waals surface area contributed by atoms with Crippen molar-refractivity contribution in [3.8, 4) is 5.75 Å². The van der Waals surface area contributed by atoms with E-state index in [4.69, 9.17) is 4.74 Å². The van der Waals surface area contributed by atoms with Gasteiger partial charge in [0.25, 0.3) is 0 Å². The topological polar surface area (TPSA) is 52.1 Å². The molecule has 1 unspecified atom stereocenters. The van der Waals surface area contributed by atoms with E-state index in [1.165, 1.54) is 0 Å². The molecule has 0 radical (unpaired) electrons. The van der Waals surface area contributed by atoms with Crippen LogP contribution in [-0.2, 0) is 6.54 Å². The van der Waals surface area contributed by atoms with Gasteiger partial charge < -0.3 is 20.3 Å². The molecule has 152 valence electrons. The number of hydrogen-bond donors (Lipinski definition) is 2. The molecule has 1 saturated heterocycles. The van der Waals surface area contributed by atoms with Gasteiger partial charge in [-0.3, -0.25) is 9.89 Å². The van der Waals surface area contributed by atoms with Gasteiger partial charge in [0.05, 0.1) is 6.61 Å². The van der Waals surface area contributed by atoms with E-state index < -0.39 is 0 Å². The summed E-state index contributed by atoms with van der Waals surface area (Å²) in [6, 6.07) is 8.65. The van der Waals surface area contributed by atoms with Crippen LogP contribution in [0.4, 0.5) is 0 Å². The average Bonchev–Trinajstić information content (AvgIpc) is 2.67. The summed E-state index contributed by atoms with van der Waals surface area (Å²) >= 11 is 0. The third-order valence-electron chi connectivity index (χ3n) is 5.20. The SMILES string of the molecule is CCOc1ccccc1CNC(=NC)NCC(C(C)C)N1CCN(C)CC1. The van der Waals surface area contributed by atoms with Crippen molar-refractivity contribution in [1.82, 2.24) is 20.4 Å². The minimum Gasteiger partial charge on any atom is -0.494 e. The van der Waals surface area contributed by atoms with E-state index in [1.807, 2.05) is 32.2 Å². The van der Waals surface area contributed by atoms with Crippen LogP contribution >= 0.6 is 0 Å². The van der Waals surface area contributed by atoms with Gasteiger partial charge >= 0.3 is 0 Å². The molecule has 0 aromatic heterocycles. The molecule has 27 heavy (non-hydrogen) atoms. The van der Waals surface area contributed by atoms with Crippen LogP contribution in [-0.4, -0.2) is 75.2 Å². The zero-order valence-corrected chi connectivity index (χ0v) is 17.7. The second-order valence-corrected chi connectivity index (χ2v) is 7.50. The molecule has 1 atom stereocenters. The Morgan fingerprint density at radius 2 is 1.85 bits per heavy atom. The monoisotopic (exact) mass is 375 g/mol. The third-order valence-corrected chi connectivity index (χ3v) is 5.20. The van der Waals surface area contributed by atoms with Crippen molar-refractivity contribution >= 4 is 5.96 Å². The number of ether oxygens (including phenoxy) is 1. The maximum Gasteiger partial charge on any atom is 0.191 e. The van der Waals surface area contributed by atoms with Gasteiger partial charge in [-0.15, -0.1) is 0 Å². The number of guanidine groups is 1. The van der Waals surface area contributed by atoms with Gasteiger partial charge in [-0.25, -0.2) is 0 Å². The van der Waals surface area contributed by atoms with Crippen molar-refractivity contribution in [1.29, 1.82) is 0 Å². The first-order valence-electron chi connectivity index (χ1n) is 10.1. The van der Waals surface area contributed by atoms with Crippen LogP contribution in [0.3, 0.4) is 0 Å². The number of likely N-dealkylation sites (N-methyl/N-ethyl adjacent to an activating group) is 1. The summed E-state index contributed by atoms with van der Waals surface area (Å²) in [6.07, 6.45) is 0. The second-order valence-electron chi connectivity index (χ2n) is 7.50. The molecule has 1 aliphatic heterocycles. The first-order valence-corrected chi connectivity index (χ1v) is 10.1. The minimum atomic E-state index is 0.507. The lowest BCUT2D eigenvalue weighted by atomic mass is 10.0. The van der Waals surface area contributed by atoms with Crippen LogP contribution in [0.5, 0.6) is 5.75 Å². The van der Waals surface area contributed by atoms with Gasteiger partial charge in [0.2, 0.25) is 0 Å². The molecule has 6 nitrogen and oxygen atoms in total. The summed E-state index contributed by atoms with van der Waals surface area (Å²) in [5.74, 6) is 2.36. The number of para-hydroxylation sites is 1. The highest BCUT2D eigenvalue weighted by Crippen LogP contribution is 2.17. The molecule has 1 aromatic carbocycles. The molecule has 1 heterocycles. The van der Waals surface area contributed by atoms with Crippen molar-refractivity contribution in [3.63, 3.8) is 0 Å². The lowest BCUT2D eigenvalue weighted by molar-refractivity contribution is 0.0900. The van der Waals surface area contributed by atoms with Crippen LogP contribution in [0, 0.1) is 5.92 Å². The fraction of sp³-hybridized carbons (Fsp3) is 0.667. The molecule has 1 aliphatic rings. The third kappa shape index (κ3) is 6.70. The van der Waals surface area contributed by atoms with Crippen molar-refractivity contribution in [2.24, 2.45) is 10.9 Å². The molecule has 0 bridgehead atoms. The van der Waals surface area contributed by atoms with Crippen molar-refractivity contribution in [3.05, 3.63) is 29.8 Å². The number of benzene rings is 1. The Morgan fingerprint density at radius 1 is 1.15 bits per heavy atom. The van der Waals surface area contributed by atoms with E-state index in [1.54, 1.807) is 0 Å². The van der Waals surface area contributed by atoms with Gasteiger partial charge in [0.15, 0.2) is 5.96 Å². The van der Waals surface area contributed by atoms with E-state index in [0.717, 1.165) is 50.0 Å². The van der Waals surface area contributed by atoms with Gasteiger partial charge in [-0.05, 0) is 26.0 Å². The normalized spacial score (nSPS) is 17.8. The predicted molar refractivity (Wildman–Crippen MR) is 114 cm³/mol. The van der Waals surface area contributed by atoms with Gasteiger partial charge in [0.1, 0.15) is 5.75 Å². The molecule has 0 saturated carbocycles. The highest BCUT2D eigenvalue weighted by Gasteiger charge is 2.25. The Kier molecular flexibility index (Phi) is 8.88. The van der Waals surface area contributed by atoms with Crippen LogP contribution in [0.25, 0.3) is 0 Å². The smallest absolute Gasteiger partial charge is 0.191 e. The maximum absolute atomic E-state index is 5.71. The van der Waals surface area contributed by atoms with Crippen molar-refractivity contribution in [2.45, 2.75) is 33.4 Å². The molecule has 0 spiro atoms. The first kappa shape index (κ1) is 21.5. The molecule has 1 fully saturated rings. The Bertz CT molecular complexity index is 582. The quantitative estimate of drug-likeness (QED) is 0.538. The Balaban J connectivity index is 1.88. The summed E-state index contributed by atoms with van der Waals surface area (Å²) in [6.45, 7) is 13.4. The number of nitrogens with zero attached hydrogens (tertiary/aromatic N) is 3. The highest BCUT2D eigenvalue weighted by atomic mass is 16.5. The standard InChI is InChI=1S/C21H37N5O/c1-6-27-20-10-8-7-9-18(20)15-23-21(22-4)24-16-19(17(2)3)26-13-11-25(5)12-14-26/h7-10,17,19H,6,11-16H2,1-5H3,(H2,22,23,24). The summed E-state index contributed by atoms with van der Waals surface area (Å²) in [5, 5.41) is 6.94. The second kappa shape index (κ2) is 11.1. The molecular weight excluding hydrogens is 338 g/mol. The predicted octanol–water partition coefficient (Wildman–Crippen LogP) is 2.02. The number of hydrogen-bond acceptors (Lipinski definition) is 4. The van der Waals surface area contributed by atoms with E-state index in [9.17, 15) is 0 Å². The fourth-order valence-electron chi connectivity index (χ4n) is 3.49. The Hall–Kier alpha value is -1.79. The lowest BCUT2D eigenvalue weighted by Crippen LogP contribution is -2.55. The number of nitrogens with one attached hydrogen (secondary N) is 2. The van der Waals surface area contributed by atoms with Gasteiger partial charge in [0, 0.05) is 57.9 Å². The molecule has 1 aromatic rings. The maximum atomic E-state index is 5.71. The van der Waals surface area contributed by atoms with Gasteiger partial charge in [-0.1, -0.05) is 32.0 Å². The van der Waals surface area contributed by atoms with E-state index in [0.29, 0.717) is 25.1 Å². The molecule has 2 N–H and O–H groups in total. The van der Waals surface area contributed by atoms with E-state index in [2.05, 4.69) is 52.4 Å². The zero-order chi connectivity index (χ0) is 19.6. The van der Waals surface area contributed by atoms with Gasteiger partial charge in [-0.2, -0.15) is 0 Å². The zero-order valence-electron chi connectivity index (χ0n) is 17.7. The number of rotatable bonds is 8. The van der Waals surface area contributed by atoms with Crippen LogP contribution < -0.4 is 15.4 Å². The number of aliphatic imine (C=N–C) groups is 1. The minimum absolute atomic E-state index is 0.507. The Labute approximate surface area is 165 Å². The van der Waals surface area contributed by atoms with Crippen LogP contribution in [0.2, 0.25) is 0 Å². The largest absolute Gasteiger partial charge is 0.494 e.